The predicted molar refractivity (Wildman–Crippen MR) is 88.4 cm³/mol. The molecule has 1 aromatic rings. The molecule has 2 rings (SSSR count). The summed E-state index contributed by atoms with van der Waals surface area (Å²) in [6.07, 6.45) is 3.60. The maximum Gasteiger partial charge on any atom is 0.163 e. The average molecular weight is 303 g/mol. The summed E-state index contributed by atoms with van der Waals surface area (Å²) in [5, 5.41) is 0. The van der Waals surface area contributed by atoms with E-state index in [4.69, 9.17) is 9.47 Å². The smallest absolute Gasteiger partial charge is 0.163 e. The Hall–Kier alpha value is -1.68. The number of fused-ring (bicyclic) bond motifs is 1. The van der Waals surface area contributed by atoms with Crippen molar-refractivity contribution in [3.63, 3.8) is 0 Å². The third kappa shape index (κ3) is 3.95. The highest BCUT2D eigenvalue weighted by atomic mass is 16.5. The predicted octanol–water partition coefficient (Wildman–Crippen LogP) is 3.30. The Balaban J connectivity index is 2.23. The summed E-state index contributed by atoms with van der Waals surface area (Å²) >= 11 is 0. The van der Waals surface area contributed by atoms with Crippen LogP contribution in [0.15, 0.2) is 17.1 Å². The van der Waals surface area contributed by atoms with Crippen LogP contribution in [0.2, 0.25) is 0 Å². The normalized spacial score (nSPS) is 16.7. The molecule has 0 amide bonds. The molecule has 120 valence electrons. The second-order valence-electron chi connectivity index (χ2n) is 6.09. The standard InChI is InChI=1S/C18H25NO3/c1-12(2)17-9-14-10-18(22-7-5-6-21-4)16(13(3)20)8-15(14)11-19-17/h8,10-12,17H,5-7,9H2,1-4H3. The average Bonchev–Trinajstić information content (AvgIpc) is 2.49. The van der Waals surface area contributed by atoms with E-state index in [0.717, 1.165) is 18.4 Å². The monoisotopic (exact) mass is 303 g/mol. The molecule has 1 unspecified atom stereocenters. The van der Waals surface area contributed by atoms with Gasteiger partial charge < -0.3 is 9.47 Å². The molecule has 0 saturated carbocycles. The Bertz CT molecular complexity index is 564. The highest BCUT2D eigenvalue weighted by molar-refractivity contribution is 5.99. The second-order valence-corrected chi connectivity index (χ2v) is 6.09. The highest BCUT2D eigenvalue weighted by Gasteiger charge is 2.21. The fraction of sp³-hybridized carbons (Fsp3) is 0.556. The first-order valence-corrected chi connectivity index (χ1v) is 7.85. The van der Waals surface area contributed by atoms with Gasteiger partial charge in [-0.05, 0) is 42.5 Å². The molecule has 0 aliphatic carbocycles. The van der Waals surface area contributed by atoms with Gasteiger partial charge in [0.05, 0.1) is 18.2 Å². The molecule has 1 aliphatic rings. The van der Waals surface area contributed by atoms with Gasteiger partial charge in [0.2, 0.25) is 0 Å². The molecular formula is C18H25NO3. The van der Waals surface area contributed by atoms with Crippen LogP contribution in [0.25, 0.3) is 0 Å². The first-order valence-electron chi connectivity index (χ1n) is 7.85. The van der Waals surface area contributed by atoms with Crippen LogP contribution in [0.5, 0.6) is 5.75 Å². The van der Waals surface area contributed by atoms with Gasteiger partial charge in [-0.2, -0.15) is 0 Å². The summed E-state index contributed by atoms with van der Waals surface area (Å²) in [5.41, 5.74) is 2.87. The molecule has 1 aromatic carbocycles. The molecule has 0 fully saturated rings. The highest BCUT2D eigenvalue weighted by Crippen LogP contribution is 2.29. The van der Waals surface area contributed by atoms with Crippen molar-refractivity contribution in [2.24, 2.45) is 10.9 Å². The first-order chi connectivity index (χ1) is 10.5. The summed E-state index contributed by atoms with van der Waals surface area (Å²) in [6, 6.07) is 4.22. The largest absolute Gasteiger partial charge is 0.493 e. The third-order valence-corrected chi connectivity index (χ3v) is 3.97. The fourth-order valence-electron chi connectivity index (χ4n) is 2.58. The number of methoxy groups -OCH3 is 1. The third-order valence-electron chi connectivity index (χ3n) is 3.97. The molecule has 4 heteroatoms. The van der Waals surface area contributed by atoms with E-state index < -0.39 is 0 Å². The molecule has 1 heterocycles. The summed E-state index contributed by atoms with van der Waals surface area (Å²) < 4.78 is 10.8. The van der Waals surface area contributed by atoms with Gasteiger partial charge in [-0.3, -0.25) is 9.79 Å². The Morgan fingerprint density at radius 3 is 2.77 bits per heavy atom. The van der Waals surface area contributed by atoms with Crippen molar-refractivity contribution < 1.29 is 14.3 Å². The number of ketones is 1. The molecule has 0 spiro atoms. The zero-order chi connectivity index (χ0) is 16.1. The number of aliphatic imine (C=N–C) groups is 1. The lowest BCUT2D eigenvalue weighted by Gasteiger charge is -2.23. The minimum atomic E-state index is 0.0175. The molecule has 22 heavy (non-hydrogen) atoms. The molecule has 0 saturated heterocycles. The number of ether oxygens (including phenoxy) is 2. The lowest BCUT2D eigenvalue weighted by atomic mass is 9.90. The van der Waals surface area contributed by atoms with E-state index in [1.54, 1.807) is 14.0 Å². The zero-order valence-corrected chi connectivity index (χ0v) is 13.9. The summed E-state index contributed by atoms with van der Waals surface area (Å²) in [6.45, 7) is 7.13. The van der Waals surface area contributed by atoms with Crippen molar-refractivity contribution in [1.29, 1.82) is 0 Å². The van der Waals surface area contributed by atoms with Crippen LogP contribution in [0.3, 0.4) is 0 Å². The van der Waals surface area contributed by atoms with Crippen LogP contribution in [0.4, 0.5) is 0 Å². The minimum absolute atomic E-state index is 0.0175. The van der Waals surface area contributed by atoms with E-state index in [1.165, 1.54) is 5.56 Å². The van der Waals surface area contributed by atoms with E-state index in [2.05, 4.69) is 18.8 Å². The molecule has 0 bridgehead atoms. The summed E-state index contributed by atoms with van der Waals surface area (Å²) in [7, 11) is 1.67. The van der Waals surface area contributed by atoms with Crippen LogP contribution in [-0.2, 0) is 11.2 Å². The van der Waals surface area contributed by atoms with E-state index in [9.17, 15) is 4.79 Å². The molecular weight excluding hydrogens is 278 g/mol. The Labute approximate surface area is 132 Å². The van der Waals surface area contributed by atoms with Gasteiger partial charge in [0.25, 0.3) is 0 Å². The van der Waals surface area contributed by atoms with Crippen molar-refractivity contribution in [2.75, 3.05) is 20.3 Å². The molecule has 1 atom stereocenters. The maximum atomic E-state index is 11.9. The lowest BCUT2D eigenvalue weighted by molar-refractivity contribution is 0.101. The number of hydrogen-bond acceptors (Lipinski definition) is 4. The van der Waals surface area contributed by atoms with Crippen molar-refractivity contribution in [3.8, 4) is 5.75 Å². The SMILES string of the molecule is COCCCOc1cc2c(cc1C(C)=O)C=NC(C(C)C)C2. The van der Waals surface area contributed by atoms with E-state index in [1.807, 2.05) is 18.3 Å². The zero-order valence-electron chi connectivity index (χ0n) is 13.9. The van der Waals surface area contributed by atoms with Crippen LogP contribution in [0.1, 0.15) is 48.7 Å². The van der Waals surface area contributed by atoms with Crippen molar-refractivity contribution in [2.45, 2.75) is 39.7 Å². The molecule has 0 N–H and O–H groups in total. The van der Waals surface area contributed by atoms with Gasteiger partial charge in [-0.25, -0.2) is 0 Å². The van der Waals surface area contributed by atoms with Crippen molar-refractivity contribution in [3.05, 3.63) is 28.8 Å². The minimum Gasteiger partial charge on any atom is -0.493 e. The topological polar surface area (TPSA) is 47.9 Å². The molecule has 1 aliphatic heterocycles. The van der Waals surface area contributed by atoms with E-state index in [0.29, 0.717) is 36.5 Å². The van der Waals surface area contributed by atoms with E-state index in [-0.39, 0.29) is 5.78 Å². The van der Waals surface area contributed by atoms with Crippen LogP contribution < -0.4 is 4.74 Å². The van der Waals surface area contributed by atoms with Crippen LogP contribution in [-0.4, -0.2) is 38.4 Å². The number of carbonyl (C=O) groups excluding carboxylic acids is 1. The van der Waals surface area contributed by atoms with Crippen molar-refractivity contribution >= 4 is 12.0 Å². The van der Waals surface area contributed by atoms with Gasteiger partial charge >= 0.3 is 0 Å². The number of nitrogens with zero attached hydrogens (tertiary/aromatic N) is 1. The molecule has 0 radical (unpaired) electrons. The van der Waals surface area contributed by atoms with Gasteiger partial charge in [-0.15, -0.1) is 0 Å². The maximum absolute atomic E-state index is 11.9. The lowest BCUT2D eigenvalue weighted by Crippen LogP contribution is -2.21. The number of Topliss-reactive ketones (excluding diaryl/α,β-unsaturated/α-hetero) is 1. The van der Waals surface area contributed by atoms with Gasteiger partial charge in [0.15, 0.2) is 5.78 Å². The van der Waals surface area contributed by atoms with Crippen LogP contribution >= 0.6 is 0 Å². The molecule has 4 nitrogen and oxygen atoms in total. The van der Waals surface area contributed by atoms with Gasteiger partial charge in [-0.1, -0.05) is 13.8 Å². The molecule has 0 aromatic heterocycles. The van der Waals surface area contributed by atoms with E-state index >= 15 is 0 Å². The summed E-state index contributed by atoms with van der Waals surface area (Å²) in [4.78, 5) is 16.5. The van der Waals surface area contributed by atoms with Gasteiger partial charge in [0.1, 0.15) is 5.75 Å². The number of carbonyl (C=O) groups is 1. The Morgan fingerprint density at radius 1 is 1.36 bits per heavy atom. The van der Waals surface area contributed by atoms with Gasteiger partial charge in [0, 0.05) is 26.4 Å². The number of rotatable bonds is 7. The Kier molecular flexibility index (Phi) is 5.72. The second kappa shape index (κ2) is 7.54. The number of benzene rings is 1. The fourth-order valence-corrected chi connectivity index (χ4v) is 2.58. The first kappa shape index (κ1) is 16.7. The quantitative estimate of drug-likeness (QED) is 0.573. The van der Waals surface area contributed by atoms with Crippen molar-refractivity contribution in [1.82, 2.24) is 0 Å². The number of hydrogen-bond donors (Lipinski definition) is 0. The summed E-state index contributed by atoms with van der Waals surface area (Å²) in [5.74, 6) is 1.20. The van der Waals surface area contributed by atoms with Crippen LogP contribution in [0, 0.1) is 5.92 Å². The Morgan fingerprint density at radius 2 is 2.14 bits per heavy atom.